The van der Waals surface area contributed by atoms with Crippen molar-refractivity contribution < 1.29 is 0 Å². The minimum Gasteiger partial charge on any atom is -0.261 e. The second-order valence-corrected chi connectivity index (χ2v) is 3.55. The lowest BCUT2D eigenvalue weighted by Crippen LogP contribution is -1.90. The van der Waals surface area contributed by atoms with Gasteiger partial charge in [0.1, 0.15) is 11.8 Å². The minimum absolute atomic E-state index is 0.123. The highest BCUT2D eigenvalue weighted by Gasteiger charge is 2.03. The number of allylic oxidation sites excluding steroid dienone is 2. The fourth-order valence-corrected chi connectivity index (χ4v) is 1.35. The molecule has 1 rings (SSSR count). The van der Waals surface area contributed by atoms with Crippen molar-refractivity contribution in [3.8, 4) is 6.07 Å². The van der Waals surface area contributed by atoms with E-state index in [0.717, 1.165) is 5.69 Å². The first-order valence-electron chi connectivity index (χ1n) is 4.49. The summed E-state index contributed by atoms with van der Waals surface area (Å²) in [6, 6.07) is 3.56. The molecule has 0 aliphatic carbocycles. The molecule has 1 aromatic heterocycles. The van der Waals surface area contributed by atoms with Crippen LogP contribution in [-0.2, 0) is 0 Å². The molecular weight excluding hydrogens is 222 g/mol. The Morgan fingerprint density at radius 2 is 2.31 bits per heavy atom. The van der Waals surface area contributed by atoms with Gasteiger partial charge in [-0.15, -0.1) is 0 Å². The molecule has 0 radical (unpaired) electrons. The van der Waals surface area contributed by atoms with Crippen molar-refractivity contribution in [2.45, 2.75) is 6.92 Å². The maximum Gasteiger partial charge on any atom is 0.133 e. The van der Waals surface area contributed by atoms with E-state index in [1.165, 1.54) is 6.21 Å². The SMILES string of the molecule is C=C(C#N)/N=C/C(=C)c1cnc(C)cc1Cl. The third-order valence-electron chi connectivity index (χ3n) is 1.84. The molecule has 3 nitrogen and oxygen atoms in total. The van der Waals surface area contributed by atoms with Crippen LogP contribution in [-0.4, -0.2) is 11.2 Å². The molecule has 0 amide bonds. The number of nitriles is 1. The van der Waals surface area contributed by atoms with E-state index < -0.39 is 0 Å². The van der Waals surface area contributed by atoms with Crippen LogP contribution in [0.4, 0.5) is 0 Å². The number of halogens is 1. The van der Waals surface area contributed by atoms with Crippen molar-refractivity contribution in [3.63, 3.8) is 0 Å². The fourth-order valence-electron chi connectivity index (χ4n) is 1.02. The molecule has 1 aromatic rings. The second kappa shape index (κ2) is 5.24. The van der Waals surface area contributed by atoms with E-state index in [1.807, 2.05) is 13.0 Å². The molecule has 0 N–H and O–H groups in total. The van der Waals surface area contributed by atoms with Gasteiger partial charge in [-0.25, -0.2) is 4.99 Å². The summed E-state index contributed by atoms with van der Waals surface area (Å²) in [7, 11) is 0. The molecule has 0 aliphatic heterocycles. The van der Waals surface area contributed by atoms with Crippen LogP contribution in [0.5, 0.6) is 0 Å². The number of nitrogens with zero attached hydrogens (tertiary/aromatic N) is 3. The summed E-state index contributed by atoms with van der Waals surface area (Å²) in [4.78, 5) is 7.93. The lowest BCUT2D eigenvalue weighted by atomic mass is 10.1. The van der Waals surface area contributed by atoms with Crippen LogP contribution in [0.15, 0.2) is 36.1 Å². The molecule has 80 valence electrons. The molecule has 0 saturated carbocycles. The third-order valence-corrected chi connectivity index (χ3v) is 2.15. The molecule has 0 bridgehead atoms. The fraction of sp³-hybridized carbons (Fsp3) is 0.0833. The van der Waals surface area contributed by atoms with Gasteiger partial charge in [0.15, 0.2) is 0 Å². The monoisotopic (exact) mass is 231 g/mol. The Morgan fingerprint density at radius 3 is 2.88 bits per heavy atom. The van der Waals surface area contributed by atoms with Gasteiger partial charge in [-0.1, -0.05) is 24.8 Å². The van der Waals surface area contributed by atoms with Crippen molar-refractivity contribution in [1.82, 2.24) is 4.98 Å². The van der Waals surface area contributed by atoms with Crippen molar-refractivity contribution in [3.05, 3.63) is 47.4 Å². The highest BCUT2D eigenvalue weighted by molar-refractivity contribution is 6.33. The Balaban J connectivity index is 2.94. The van der Waals surface area contributed by atoms with Gasteiger partial charge in [-0.2, -0.15) is 5.26 Å². The third kappa shape index (κ3) is 3.04. The van der Waals surface area contributed by atoms with Crippen LogP contribution in [0, 0.1) is 18.3 Å². The predicted molar refractivity (Wildman–Crippen MR) is 66.3 cm³/mol. The predicted octanol–water partition coefficient (Wildman–Crippen LogP) is 3.16. The van der Waals surface area contributed by atoms with Gasteiger partial charge in [-0.05, 0) is 18.6 Å². The Labute approximate surface area is 99.4 Å². The first-order valence-corrected chi connectivity index (χ1v) is 4.87. The van der Waals surface area contributed by atoms with Crippen LogP contribution in [0.3, 0.4) is 0 Å². The summed E-state index contributed by atoms with van der Waals surface area (Å²) >= 11 is 6.02. The normalized spacial score (nSPS) is 10.1. The molecule has 4 heteroatoms. The van der Waals surface area contributed by atoms with E-state index in [1.54, 1.807) is 12.3 Å². The van der Waals surface area contributed by atoms with Crippen molar-refractivity contribution in [1.29, 1.82) is 5.26 Å². The van der Waals surface area contributed by atoms with Gasteiger partial charge in [-0.3, -0.25) is 4.98 Å². The molecular formula is C12H10ClN3. The van der Waals surface area contributed by atoms with Gasteiger partial charge in [0.25, 0.3) is 0 Å². The quantitative estimate of drug-likeness (QED) is 0.593. The Bertz CT molecular complexity index is 509. The van der Waals surface area contributed by atoms with E-state index >= 15 is 0 Å². The lowest BCUT2D eigenvalue weighted by molar-refractivity contribution is 1.19. The van der Waals surface area contributed by atoms with Gasteiger partial charge < -0.3 is 0 Å². The molecule has 0 fully saturated rings. The lowest BCUT2D eigenvalue weighted by Gasteiger charge is -2.03. The van der Waals surface area contributed by atoms with Crippen LogP contribution < -0.4 is 0 Å². The molecule has 0 spiro atoms. The highest BCUT2D eigenvalue weighted by Crippen LogP contribution is 2.21. The first kappa shape index (κ1) is 12.2. The zero-order chi connectivity index (χ0) is 12.1. The van der Waals surface area contributed by atoms with Gasteiger partial charge in [0.05, 0.1) is 5.02 Å². The maximum atomic E-state index is 8.48. The van der Waals surface area contributed by atoms with Crippen molar-refractivity contribution in [2.24, 2.45) is 4.99 Å². The summed E-state index contributed by atoms with van der Waals surface area (Å²) in [5.74, 6) is 0. The second-order valence-electron chi connectivity index (χ2n) is 3.15. The summed E-state index contributed by atoms with van der Waals surface area (Å²) in [6.45, 7) is 9.08. The molecule has 0 aromatic carbocycles. The molecule has 0 atom stereocenters. The van der Waals surface area contributed by atoms with Crippen LogP contribution in [0.25, 0.3) is 5.57 Å². The number of aromatic nitrogens is 1. The molecule has 1 heterocycles. The van der Waals surface area contributed by atoms with Crippen LogP contribution in [0.1, 0.15) is 11.3 Å². The molecule has 0 saturated heterocycles. The van der Waals surface area contributed by atoms with E-state index in [0.29, 0.717) is 16.2 Å². The topological polar surface area (TPSA) is 49.0 Å². The van der Waals surface area contributed by atoms with Gasteiger partial charge >= 0.3 is 0 Å². The Morgan fingerprint density at radius 1 is 1.62 bits per heavy atom. The molecule has 16 heavy (non-hydrogen) atoms. The standard InChI is InChI=1S/C12H10ClN3/c1-8(6-15-10(3)5-14)11-7-16-9(2)4-12(11)13/h4,6-7H,1,3H2,2H3/b15-6+. The summed E-state index contributed by atoms with van der Waals surface area (Å²) in [5, 5.41) is 9.04. The van der Waals surface area contributed by atoms with Crippen LogP contribution >= 0.6 is 11.6 Å². The summed E-state index contributed by atoms with van der Waals surface area (Å²) in [5.41, 5.74) is 2.24. The minimum atomic E-state index is 0.123. The van der Waals surface area contributed by atoms with E-state index in [2.05, 4.69) is 23.1 Å². The van der Waals surface area contributed by atoms with Crippen LogP contribution in [0.2, 0.25) is 5.02 Å². The van der Waals surface area contributed by atoms with Gasteiger partial charge in [0, 0.05) is 23.7 Å². The Hall–Kier alpha value is -1.92. The average molecular weight is 232 g/mol. The van der Waals surface area contributed by atoms with E-state index in [4.69, 9.17) is 16.9 Å². The summed E-state index contributed by atoms with van der Waals surface area (Å²) in [6.07, 6.45) is 3.07. The number of rotatable bonds is 3. The van der Waals surface area contributed by atoms with Crippen molar-refractivity contribution >= 4 is 23.4 Å². The largest absolute Gasteiger partial charge is 0.261 e. The highest BCUT2D eigenvalue weighted by atomic mass is 35.5. The smallest absolute Gasteiger partial charge is 0.133 e. The van der Waals surface area contributed by atoms with E-state index in [9.17, 15) is 0 Å². The number of pyridine rings is 1. The number of hydrogen-bond acceptors (Lipinski definition) is 3. The van der Waals surface area contributed by atoms with Crippen molar-refractivity contribution in [2.75, 3.05) is 0 Å². The first-order chi connectivity index (χ1) is 7.54. The zero-order valence-corrected chi connectivity index (χ0v) is 9.62. The maximum absolute atomic E-state index is 8.48. The number of aryl methyl sites for hydroxylation is 1. The molecule has 0 unspecified atom stereocenters. The summed E-state index contributed by atoms with van der Waals surface area (Å²) < 4.78 is 0. The van der Waals surface area contributed by atoms with Gasteiger partial charge in [0.2, 0.25) is 0 Å². The Kier molecular flexibility index (Phi) is 3.98. The number of aliphatic imine (C=N–C) groups is 1. The molecule has 0 aliphatic rings. The zero-order valence-electron chi connectivity index (χ0n) is 8.87. The number of hydrogen-bond donors (Lipinski definition) is 0. The average Bonchev–Trinajstić information content (AvgIpc) is 2.25. The van der Waals surface area contributed by atoms with E-state index in [-0.39, 0.29) is 5.70 Å².